The first kappa shape index (κ1) is 15.0. The molecule has 0 aliphatic rings. The molecular weight excluding hydrogens is 370 g/mol. The molecule has 1 heterocycles. The molecule has 1 aromatic heterocycles. The van der Waals surface area contributed by atoms with Crippen LogP contribution < -0.4 is 4.74 Å². The van der Waals surface area contributed by atoms with Crippen LogP contribution in [0.2, 0.25) is 5.02 Å². The maximum Gasteiger partial charge on any atom is 0.288 e. The van der Waals surface area contributed by atoms with Crippen LogP contribution >= 0.6 is 38.9 Å². The predicted molar refractivity (Wildman–Crippen MR) is 80.0 cm³/mol. The molecule has 20 heavy (non-hydrogen) atoms. The van der Waals surface area contributed by atoms with Gasteiger partial charge in [-0.15, -0.1) is 11.3 Å². The van der Waals surface area contributed by atoms with Gasteiger partial charge in [0.15, 0.2) is 6.61 Å². The smallest absolute Gasteiger partial charge is 0.288 e. The van der Waals surface area contributed by atoms with E-state index < -0.39 is 4.92 Å². The van der Waals surface area contributed by atoms with Gasteiger partial charge in [0.05, 0.1) is 9.80 Å². The Hall–Kier alpha value is -1.44. The summed E-state index contributed by atoms with van der Waals surface area (Å²) in [5, 5.41) is 12.4. The van der Waals surface area contributed by atoms with E-state index in [-0.39, 0.29) is 23.1 Å². The second kappa shape index (κ2) is 6.34. The summed E-state index contributed by atoms with van der Waals surface area (Å²) in [5.74, 6) is 0.128. The summed E-state index contributed by atoms with van der Waals surface area (Å²) in [7, 11) is 0. The topological polar surface area (TPSA) is 69.4 Å². The first-order chi connectivity index (χ1) is 9.49. The molecule has 104 valence electrons. The van der Waals surface area contributed by atoms with Crippen molar-refractivity contribution in [1.82, 2.24) is 0 Å². The first-order valence-electron chi connectivity index (χ1n) is 5.32. The monoisotopic (exact) mass is 375 g/mol. The zero-order valence-electron chi connectivity index (χ0n) is 9.84. The van der Waals surface area contributed by atoms with Crippen molar-refractivity contribution in [2.75, 3.05) is 6.61 Å². The van der Waals surface area contributed by atoms with Gasteiger partial charge in [-0.05, 0) is 33.4 Å². The van der Waals surface area contributed by atoms with Crippen molar-refractivity contribution in [2.45, 2.75) is 0 Å². The minimum Gasteiger partial charge on any atom is -0.485 e. The average Bonchev–Trinajstić information content (AvgIpc) is 2.82. The Labute approximate surface area is 131 Å². The average molecular weight is 377 g/mol. The van der Waals surface area contributed by atoms with Gasteiger partial charge in [-0.1, -0.05) is 11.6 Å². The highest BCUT2D eigenvalue weighted by Gasteiger charge is 2.15. The number of nitrogens with zero attached hydrogens (tertiary/aromatic N) is 1. The normalized spacial score (nSPS) is 10.3. The summed E-state index contributed by atoms with van der Waals surface area (Å²) in [6, 6.07) is 5.74. The number of carbonyl (C=O) groups is 1. The summed E-state index contributed by atoms with van der Waals surface area (Å²) in [6.07, 6.45) is 0. The van der Waals surface area contributed by atoms with Crippen LogP contribution in [0, 0.1) is 10.1 Å². The van der Waals surface area contributed by atoms with Crippen LogP contribution in [0.3, 0.4) is 0 Å². The number of nitro benzene ring substituents is 1. The van der Waals surface area contributed by atoms with E-state index in [1.165, 1.54) is 29.5 Å². The molecule has 0 unspecified atom stereocenters. The van der Waals surface area contributed by atoms with Crippen LogP contribution in [0.5, 0.6) is 5.75 Å². The predicted octanol–water partition coefficient (Wildman–Crippen LogP) is 4.33. The summed E-state index contributed by atoms with van der Waals surface area (Å²) in [6.45, 7) is -0.159. The molecule has 0 saturated carbocycles. The molecule has 8 heteroatoms. The summed E-state index contributed by atoms with van der Waals surface area (Å²) >= 11 is 10.3. The third-order valence-electron chi connectivity index (χ3n) is 2.36. The van der Waals surface area contributed by atoms with Crippen LogP contribution in [-0.4, -0.2) is 17.3 Å². The summed E-state index contributed by atoms with van der Waals surface area (Å²) < 4.78 is 6.01. The van der Waals surface area contributed by atoms with E-state index in [0.717, 1.165) is 4.47 Å². The van der Waals surface area contributed by atoms with Crippen molar-refractivity contribution >= 4 is 50.3 Å². The molecule has 1 aromatic carbocycles. The number of nitro groups is 1. The van der Waals surface area contributed by atoms with E-state index in [9.17, 15) is 14.9 Å². The Morgan fingerprint density at radius 2 is 2.20 bits per heavy atom. The molecule has 0 aliphatic heterocycles. The maximum absolute atomic E-state index is 11.9. The van der Waals surface area contributed by atoms with Gasteiger partial charge in [0.1, 0.15) is 10.8 Å². The first-order valence-corrected chi connectivity index (χ1v) is 7.37. The Morgan fingerprint density at radius 3 is 2.75 bits per heavy atom. The van der Waals surface area contributed by atoms with Gasteiger partial charge in [0.25, 0.3) is 5.69 Å². The quantitative estimate of drug-likeness (QED) is 0.442. The Balaban J connectivity index is 2.05. The van der Waals surface area contributed by atoms with Crippen molar-refractivity contribution in [3.63, 3.8) is 0 Å². The van der Waals surface area contributed by atoms with Crippen molar-refractivity contribution in [1.29, 1.82) is 0 Å². The molecule has 2 aromatic rings. The molecular formula is C12H7BrClNO4S. The molecule has 0 fully saturated rings. The van der Waals surface area contributed by atoms with E-state index in [2.05, 4.69) is 15.9 Å². The number of Topliss-reactive ketones (excluding diaryl/α,β-unsaturated/α-hetero) is 1. The van der Waals surface area contributed by atoms with E-state index in [4.69, 9.17) is 16.3 Å². The van der Waals surface area contributed by atoms with E-state index in [0.29, 0.717) is 10.6 Å². The van der Waals surface area contributed by atoms with Crippen LogP contribution in [0.4, 0.5) is 5.69 Å². The van der Waals surface area contributed by atoms with E-state index >= 15 is 0 Å². The third-order valence-corrected chi connectivity index (χ3v) is 4.54. The Morgan fingerprint density at radius 1 is 1.45 bits per heavy atom. The number of benzene rings is 1. The lowest BCUT2D eigenvalue weighted by atomic mass is 10.3. The number of ether oxygens (including phenoxy) is 1. The van der Waals surface area contributed by atoms with Gasteiger partial charge in [-0.3, -0.25) is 14.9 Å². The van der Waals surface area contributed by atoms with E-state index in [1.807, 2.05) is 0 Å². The number of rotatable bonds is 5. The highest BCUT2D eigenvalue weighted by Crippen LogP contribution is 2.29. The fourth-order valence-electron chi connectivity index (χ4n) is 1.43. The number of halogens is 2. The lowest BCUT2D eigenvalue weighted by molar-refractivity contribution is -0.384. The van der Waals surface area contributed by atoms with Crippen molar-refractivity contribution in [3.05, 3.63) is 54.1 Å². The van der Waals surface area contributed by atoms with Gasteiger partial charge in [-0.2, -0.15) is 0 Å². The summed E-state index contributed by atoms with van der Waals surface area (Å²) in [5.41, 5.74) is -0.202. The maximum atomic E-state index is 11.9. The fraction of sp³-hybridized carbons (Fsp3) is 0.0833. The lowest BCUT2D eigenvalue weighted by Crippen LogP contribution is -2.10. The van der Waals surface area contributed by atoms with Crippen LogP contribution in [0.1, 0.15) is 9.67 Å². The molecule has 0 bridgehead atoms. The van der Waals surface area contributed by atoms with Gasteiger partial charge in [0, 0.05) is 16.6 Å². The van der Waals surface area contributed by atoms with Crippen LogP contribution in [-0.2, 0) is 0 Å². The highest BCUT2D eigenvalue weighted by atomic mass is 79.9. The number of carbonyl (C=O) groups excluding carboxylic acids is 1. The van der Waals surface area contributed by atoms with Gasteiger partial charge < -0.3 is 4.74 Å². The molecule has 0 amide bonds. The van der Waals surface area contributed by atoms with Crippen molar-refractivity contribution in [3.8, 4) is 5.75 Å². The SMILES string of the molecule is O=C(COc1ccc([N+](=O)[O-])c(Cl)c1)c1sccc1Br. The Kier molecular flexibility index (Phi) is 4.74. The lowest BCUT2D eigenvalue weighted by Gasteiger charge is -2.05. The fourth-order valence-corrected chi connectivity index (χ4v) is 3.19. The van der Waals surface area contributed by atoms with Gasteiger partial charge in [0.2, 0.25) is 5.78 Å². The molecule has 2 rings (SSSR count). The van der Waals surface area contributed by atoms with Crippen LogP contribution in [0.25, 0.3) is 0 Å². The third kappa shape index (κ3) is 3.36. The second-order valence-electron chi connectivity index (χ2n) is 3.68. The molecule has 0 N–H and O–H groups in total. The zero-order valence-corrected chi connectivity index (χ0v) is 13.0. The zero-order chi connectivity index (χ0) is 14.7. The van der Waals surface area contributed by atoms with Gasteiger partial charge >= 0.3 is 0 Å². The molecule has 5 nitrogen and oxygen atoms in total. The summed E-state index contributed by atoms with van der Waals surface area (Å²) in [4.78, 5) is 22.5. The van der Waals surface area contributed by atoms with E-state index in [1.54, 1.807) is 11.4 Å². The van der Waals surface area contributed by atoms with Crippen LogP contribution in [0.15, 0.2) is 34.1 Å². The Bertz CT molecular complexity index is 673. The number of ketones is 1. The van der Waals surface area contributed by atoms with Crippen molar-refractivity contribution in [2.24, 2.45) is 0 Å². The molecule has 0 atom stereocenters. The molecule has 0 saturated heterocycles. The largest absolute Gasteiger partial charge is 0.485 e. The second-order valence-corrected chi connectivity index (χ2v) is 5.86. The molecule has 0 aliphatic carbocycles. The molecule has 0 radical (unpaired) electrons. The molecule has 0 spiro atoms. The number of hydrogen-bond acceptors (Lipinski definition) is 5. The number of hydrogen-bond donors (Lipinski definition) is 0. The van der Waals surface area contributed by atoms with Crippen molar-refractivity contribution < 1.29 is 14.5 Å². The number of thiophene rings is 1. The van der Waals surface area contributed by atoms with Gasteiger partial charge in [-0.25, -0.2) is 0 Å². The minimum atomic E-state index is -0.583. The standard InChI is InChI=1S/C12H7BrClNO4S/c13-8-3-4-20-12(8)11(16)6-19-7-1-2-10(15(17)18)9(14)5-7/h1-5H,6H2. The highest BCUT2D eigenvalue weighted by molar-refractivity contribution is 9.10. The minimum absolute atomic E-state index is 0.0303.